The molecule has 1 aromatic carbocycles. The lowest BCUT2D eigenvalue weighted by atomic mass is 10.1. The number of halogens is 1. The van der Waals surface area contributed by atoms with Crippen LogP contribution in [0.2, 0.25) is 0 Å². The first-order chi connectivity index (χ1) is 13.0. The maximum atomic E-state index is 13.1. The normalized spacial score (nSPS) is 17.2. The summed E-state index contributed by atoms with van der Waals surface area (Å²) in [4.78, 5) is 31.1. The summed E-state index contributed by atoms with van der Waals surface area (Å²) >= 11 is 0. The lowest BCUT2D eigenvalue weighted by Crippen LogP contribution is -2.44. The highest BCUT2D eigenvalue weighted by Crippen LogP contribution is 2.23. The molecule has 1 N–H and O–H groups in total. The zero-order valence-corrected chi connectivity index (χ0v) is 14.2. The van der Waals surface area contributed by atoms with Gasteiger partial charge in [-0.3, -0.25) is 14.0 Å². The van der Waals surface area contributed by atoms with E-state index in [2.05, 4.69) is 4.98 Å². The minimum absolute atomic E-state index is 0.0853. The molecule has 8 heteroatoms. The Bertz CT molecular complexity index is 1060. The highest BCUT2D eigenvalue weighted by Gasteiger charge is 2.28. The smallest absolute Gasteiger partial charge is 0.270 e. The van der Waals surface area contributed by atoms with Crippen molar-refractivity contribution in [3.63, 3.8) is 0 Å². The van der Waals surface area contributed by atoms with Gasteiger partial charge in [-0.2, -0.15) is 0 Å². The number of amides is 1. The van der Waals surface area contributed by atoms with E-state index in [1.165, 1.54) is 41.6 Å². The van der Waals surface area contributed by atoms with Gasteiger partial charge < -0.3 is 14.7 Å². The molecule has 1 amide bonds. The molecule has 138 valence electrons. The summed E-state index contributed by atoms with van der Waals surface area (Å²) in [5.74, 6) is -0.946. The van der Waals surface area contributed by atoms with Crippen molar-refractivity contribution >= 4 is 11.6 Å². The van der Waals surface area contributed by atoms with Gasteiger partial charge in [0.15, 0.2) is 11.4 Å². The van der Waals surface area contributed by atoms with Crippen molar-refractivity contribution < 1.29 is 19.0 Å². The van der Waals surface area contributed by atoms with Gasteiger partial charge in [-0.05, 0) is 29.8 Å². The Balaban J connectivity index is 1.62. The topological polar surface area (TPSA) is 84.1 Å². The number of carbonyl (C=O) groups is 1. The number of fused-ring (bicyclic) bond motifs is 1. The lowest BCUT2D eigenvalue weighted by Gasteiger charge is -2.33. The van der Waals surface area contributed by atoms with Crippen molar-refractivity contribution in [2.24, 2.45) is 0 Å². The number of benzene rings is 1. The molecule has 3 aromatic rings. The summed E-state index contributed by atoms with van der Waals surface area (Å²) < 4.78 is 19.9. The van der Waals surface area contributed by atoms with Gasteiger partial charge in [0, 0.05) is 18.9 Å². The van der Waals surface area contributed by atoms with Crippen molar-refractivity contribution in [2.45, 2.75) is 6.10 Å². The first-order valence-electron chi connectivity index (χ1n) is 8.40. The van der Waals surface area contributed by atoms with Crippen LogP contribution in [0.25, 0.3) is 5.65 Å². The number of nitrogens with zero attached hydrogens (tertiary/aromatic N) is 3. The van der Waals surface area contributed by atoms with Crippen LogP contribution in [-0.4, -0.2) is 45.0 Å². The van der Waals surface area contributed by atoms with E-state index in [0.717, 1.165) is 9.96 Å². The van der Waals surface area contributed by atoms with Crippen molar-refractivity contribution in [3.05, 3.63) is 76.1 Å². The van der Waals surface area contributed by atoms with Crippen LogP contribution in [0.1, 0.15) is 22.0 Å². The number of aromatic nitrogens is 2. The molecule has 1 atom stereocenters. The summed E-state index contributed by atoms with van der Waals surface area (Å²) in [6, 6.07) is 8.82. The van der Waals surface area contributed by atoms with Crippen LogP contribution in [0, 0.1) is 5.82 Å². The van der Waals surface area contributed by atoms with E-state index in [9.17, 15) is 19.1 Å². The van der Waals surface area contributed by atoms with Gasteiger partial charge in [0.1, 0.15) is 17.5 Å². The third-order valence-corrected chi connectivity index (χ3v) is 4.54. The van der Waals surface area contributed by atoms with Crippen LogP contribution in [-0.2, 0) is 4.74 Å². The monoisotopic (exact) mass is 369 g/mol. The summed E-state index contributed by atoms with van der Waals surface area (Å²) in [5.41, 5.74) is 0.209. The predicted molar refractivity (Wildman–Crippen MR) is 94.1 cm³/mol. The van der Waals surface area contributed by atoms with Crippen LogP contribution in [0.4, 0.5) is 4.39 Å². The Morgan fingerprint density at radius 2 is 2.04 bits per heavy atom. The second-order valence-corrected chi connectivity index (χ2v) is 6.23. The third-order valence-electron chi connectivity index (χ3n) is 4.54. The Labute approximate surface area is 153 Å². The Kier molecular flexibility index (Phi) is 4.33. The molecule has 3 heterocycles. The average molecular weight is 369 g/mol. The molecule has 0 aliphatic carbocycles. The van der Waals surface area contributed by atoms with Gasteiger partial charge >= 0.3 is 0 Å². The quantitative estimate of drug-likeness (QED) is 0.744. The number of aromatic hydroxyl groups is 1. The average Bonchev–Trinajstić information content (AvgIpc) is 2.69. The molecule has 1 aliphatic rings. The van der Waals surface area contributed by atoms with E-state index in [4.69, 9.17) is 4.74 Å². The maximum absolute atomic E-state index is 13.1. The van der Waals surface area contributed by atoms with Crippen LogP contribution in [0.5, 0.6) is 5.75 Å². The fraction of sp³-hybridized carbons (Fsp3) is 0.211. The molecule has 4 rings (SSSR count). The predicted octanol–water partition coefficient (Wildman–Crippen LogP) is 1.75. The highest BCUT2D eigenvalue weighted by molar-refractivity contribution is 5.94. The first-order valence-corrected chi connectivity index (χ1v) is 8.40. The minimum atomic E-state index is -0.550. The summed E-state index contributed by atoms with van der Waals surface area (Å²) in [6.07, 6.45) is 2.23. The molecule has 0 bridgehead atoms. The van der Waals surface area contributed by atoms with Crippen LogP contribution >= 0.6 is 0 Å². The Morgan fingerprint density at radius 3 is 2.81 bits per heavy atom. The second-order valence-electron chi connectivity index (χ2n) is 6.23. The molecule has 1 saturated heterocycles. The number of ether oxygens (including phenoxy) is 1. The number of carbonyl (C=O) groups excluding carboxylic acids is 1. The van der Waals surface area contributed by atoms with Crippen LogP contribution in [0.15, 0.2) is 53.6 Å². The summed E-state index contributed by atoms with van der Waals surface area (Å²) in [7, 11) is 0. The van der Waals surface area contributed by atoms with Crippen LogP contribution < -0.4 is 5.56 Å². The molecule has 27 heavy (non-hydrogen) atoms. The molecule has 1 aliphatic heterocycles. The Hall–Kier alpha value is -3.26. The fourth-order valence-electron chi connectivity index (χ4n) is 3.12. The van der Waals surface area contributed by atoms with Gasteiger partial charge in [0.2, 0.25) is 0 Å². The Morgan fingerprint density at radius 1 is 1.26 bits per heavy atom. The molecule has 2 aromatic heterocycles. The molecule has 7 nitrogen and oxygen atoms in total. The standard InChI is InChI=1S/C19H16FN3O4/c20-13-5-3-12(4-6-13)16-11-22(8-9-27-16)18(25)14-10-21-17-15(24)2-1-7-23(17)19(14)26/h1-7,10,16,24H,8-9,11H2. The van der Waals surface area contributed by atoms with Crippen molar-refractivity contribution in [1.82, 2.24) is 14.3 Å². The largest absolute Gasteiger partial charge is 0.504 e. The maximum Gasteiger partial charge on any atom is 0.270 e. The SMILES string of the molecule is O=C(c1cnc2c(O)cccn2c1=O)N1CCOC(c2ccc(F)cc2)C1. The first kappa shape index (κ1) is 17.2. The molecule has 1 fully saturated rings. The molecule has 0 saturated carbocycles. The lowest BCUT2D eigenvalue weighted by molar-refractivity contribution is -0.0229. The number of morpholine rings is 1. The zero-order valence-electron chi connectivity index (χ0n) is 14.2. The van der Waals surface area contributed by atoms with E-state index in [1.54, 1.807) is 12.1 Å². The van der Waals surface area contributed by atoms with Gasteiger partial charge in [-0.15, -0.1) is 0 Å². The molecule has 1 unspecified atom stereocenters. The molecular weight excluding hydrogens is 353 g/mol. The van der Waals surface area contributed by atoms with Crippen molar-refractivity contribution in [2.75, 3.05) is 19.7 Å². The van der Waals surface area contributed by atoms with E-state index < -0.39 is 17.6 Å². The molecular formula is C19H16FN3O4. The number of hydrogen-bond acceptors (Lipinski definition) is 5. The third kappa shape index (κ3) is 3.15. The van der Waals surface area contributed by atoms with Gasteiger partial charge in [-0.1, -0.05) is 12.1 Å². The van der Waals surface area contributed by atoms with Gasteiger partial charge in [-0.25, -0.2) is 9.37 Å². The summed E-state index contributed by atoms with van der Waals surface area (Å²) in [5, 5.41) is 9.79. The van der Waals surface area contributed by atoms with E-state index in [0.29, 0.717) is 13.2 Å². The second kappa shape index (κ2) is 6.81. The van der Waals surface area contributed by atoms with Crippen molar-refractivity contribution in [1.29, 1.82) is 0 Å². The molecule has 0 radical (unpaired) electrons. The van der Waals surface area contributed by atoms with Gasteiger partial charge in [0.05, 0.1) is 13.2 Å². The number of pyridine rings is 1. The highest BCUT2D eigenvalue weighted by atomic mass is 19.1. The van der Waals surface area contributed by atoms with Gasteiger partial charge in [0.25, 0.3) is 11.5 Å². The van der Waals surface area contributed by atoms with E-state index in [1.807, 2.05) is 0 Å². The summed E-state index contributed by atoms with van der Waals surface area (Å²) in [6.45, 7) is 0.877. The minimum Gasteiger partial charge on any atom is -0.504 e. The fourth-order valence-corrected chi connectivity index (χ4v) is 3.12. The number of hydrogen-bond donors (Lipinski definition) is 1. The molecule has 0 spiro atoms. The van der Waals surface area contributed by atoms with E-state index >= 15 is 0 Å². The van der Waals surface area contributed by atoms with Crippen molar-refractivity contribution in [3.8, 4) is 5.75 Å². The van der Waals surface area contributed by atoms with E-state index in [-0.39, 0.29) is 29.3 Å². The number of rotatable bonds is 2. The van der Waals surface area contributed by atoms with Crippen LogP contribution in [0.3, 0.4) is 0 Å². The zero-order chi connectivity index (χ0) is 19.0.